The molecule has 2 N–H and O–H groups in total. The van der Waals surface area contributed by atoms with E-state index in [0.29, 0.717) is 36.9 Å². The molecule has 0 saturated carbocycles. The molecule has 0 fully saturated rings. The standard InChI is InChI=1S/C16H19N7O2/c1-3-25-15(24)12-4-5-13(19-9-12)17-6-7-18-14-8-11(2)22-16-20-10-21-23(14)16/h4-5,8-10,18H,3,6-7H2,1-2H3,(H,17,19). The quantitative estimate of drug-likeness (QED) is 0.492. The zero-order valence-electron chi connectivity index (χ0n) is 14.1. The van der Waals surface area contributed by atoms with Crippen LogP contribution in [0.3, 0.4) is 0 Å². The first-order chi connectivity index (χ1) is 12.2. The van der Waals surface area contributed by atoms with Crippen LogP contribution in [0.4, 0.5) is 11.6 Å². The molecule has 9 heteroatoms. The van der Waals surface area contributed by atoms with Gasteiger partial charge in [0.25, 0.3) is 5.78 Å². The molecule has 3 heterocycles. The van der Waals surface area contributed by atoms with Crippen LogP contribution in [0.5, 0.6) is 0 Å². The molecule has 130 valence electrons. The maximum absolute atomic E-state index is 11.6. The van der Waals surface area contributed by atoms with Gasteiger partial charge in [-0.15, -0.1) is 0 Å². The fraction of sp³-hybridized carbons (Fsp3) is 0.312. The molecule has 3 aromatic rings. The molecular formula is C16H19N7O2. The Hall–Kier alpha value is -3.23. The fourth-order valence-corrected chi connectivity index (χ4v) is 2.27. The summed E-state index contributed by atoms with van der Waals surface area (Å²) in [6.45, 7) is 5.32. The molecule has 0 atom stereocenters. The van der Waals surface area contributed by atoms with Gasteiger partial charge in [-0.2, -0.15) is 14.6 Å². The van der Waals surface area contributed by atoms with Crippen molar-refractivity contribution in [2.45, 2.75) is 13.8 Å². The number of carbonyl (C=O) groups excluding carboxylic acids is 1. The van der Waals surface area contributed by atoms with Gasteiger partial charge in [-0.3, -0.25) is 0 Å². The number of anilines is 2. The zero-order valence-corrected chi connectivity index (χ0v) is 14.1. The average molecular weight is 341 g/mol. The summed E-state index contributed by atoms with van der Waals surface area (Å²) in [5.74, 6) is 1.71. The van der Waals surface area contributed by atoms with Crippen LogP contribution < -0.4 is 10.6 Å². The lowest BCUT2D eigenvalue weighted by molar-refractivity contribution is 0.0526. The van der Waals surface area contributed by atoms with E-state index < -0.39 is 0 Å². The van der Waals surface area contributed by atoms with E-state index in [4.69, 9.17) is 4.74 Å². The van der Waals surface area contributed by atoms with Gasteiger partial charge >= 0.3 is 5.97 Å². The third-order valence-corrected chi connectivity index (χ3v) is 3.39. The molecule has 0 aliphatic heterocycles. The molecule has 0 aliphatic carbocycles. The Balaban J connectivity index is 1.53. The van der Waals surface area contributed by atoms with E-state index in [1.54, 1.807) is 23.6 Å². The predicted molar refractivity (Wildman–Crippen MR) is 92.7 cm³/mol. The largest absolute Gasteiger partial charge is 0.462 e. The molecule has 0 saturated heterocycles. The van der Waals surface area contributed by atoms with Crippen LogP contribution in [0.1, 0.15) is 23.0 Å². The van der Waals surface area contributed by atoms with E-state index in [0.717, 1.165) is 11.5 Å². The van der Waals surface area contributed by atoms with Gasteiger partial charge in [0.1, 0.15) is 18.0 Å². The van der Waals surface area contributed by atoms with Crippen LogP contribution in [0.2, 0.25) is 0 Å². The minimum Gasteiger partial charge on any atom is -0.462 e. The lowest BCUT2D eigenvalue weighted by Crippen LogP contribution is -2.16. The second kappa shape index (κ2) is 7.56. The summed E-state index contributed by atoms with van der Waals surface area (Å²) in [7, 11) is 0. The van der Waals surface area contributed by atoms with Crippen molar-refractivity contribution in [3.05, 3.63) is 42.0 Å². The van der Waals surface area contributed by atoms with Crippen molar-refractivity contribution in [3.63, 3.8) is 0 Å². The number of ether oxygens (including phenoxy) is 1. The van der Waals surface area contributed by atoms with Crippen molar-refractivity contribution >= 4 is 23.4 Å². The molecule has 3 rings (SSSR count). The van der Waals surface area contributed by atoms with E-state index in [1.807, 2.05) is 13.0 Å². The molecule has 25 heavy (non-hydrogen) atoms. The van der Waals surface area contributed by atoms with Gasteiger partial charge in [0.15, 0.2) is 0 Å². The van der Waals surface area contributed by atoms with Gasteiger partial charge in [0.2, 0.25) is 0 Å². The summed E-state index contributed by atoms with van der Waals surface area (Å²) in [5.41, 5.74) is 1.30. The van der Waals surface area contributed by atoms with Gasteiger partial charge in [0.05, 0.1) is 12.2 Å². The lowest BCUT2D eigenvalue weighted by atomic mass is 10.3. The minimum absolute atomic E-state index is 0.345. The molecule has 0 amide bonds. The lowest BCUT2D eigenvalue weighted by Gasteiger charge is -2.10. The summed E-state index contributed by atoms with van der Waals surface area (Å²) in [6.07, 6.45) is 2.97. The Kier molecular flexibility index (Phi) is 5.03. The molecule has 0 radical (unpaired) electrons. The molecule has 0 aliphatic rings. The van der Waals surface area contributed by atoms with Gasteiger partial charge in [0, 0.05) is 31.0 Å². The van der Waals surface area contributed by atoms with Gasteiger partial charge in [-0.05, 0) is 26.0 Å². The van der Waals surface area contributed by atoms with E-state index >= 15 is 0 Å². The number of nitrogens with one attached hydrogen (secondary N) is 2. The third kappa shape index (κ3) is 4.00. The Morgan fingerprint density at radius 2 is 2.08 bits per heavy atom. The highest BCUT2D eigenvalue weighted by Gasteiger charge is 2.07. The van der Waals surface area contributed by atoms with E-state index in [-0.39, 0.29) is 5.97 Å². The number of hydrogen-bond donors (Lipinski definition) is 2. The van der Waals surface area contributed by atoms with Crippen molar-refractivity contribution in [1.82, 2.24) is 24.6 Å². The molecule has 9 nitrogen and oxygen atoms in total. The highest BCUT2D eigenvalue weighted by Crippen LogP contribution is 2.10. The summed E-state index contributed by atoms with van der Waals surface area (Å²) in [6, 6.07) is 5.35. The molecule has 0 unspecified atom stereocenters. The number of aromatic nitrogens is 5. The highest BCUT2D eigenvalue weighted by atomic mass is 16.5. The topological polar surface area (TPSA) is 106 Å². The van der Waals surface area contributed by atoms with Crippen LogP contribution >= 0.6 is 0 Å². The number of rotatable bonds is 7. The smallest absolute Gasteiger partial charge is 0.339 e. The van der Waals surface area contributed by atoms with Crippen LogP contribution in [0.15, 0.2) is 30.7 Å². The van der Waals surface area contributed by atoms with Crippen LogP contribution in [-0.4, -0.2) is 50.2 Å². The van der Waals surface area contributed by atoms with E-state index in [2.05, 4.69) is 30.7 Å². The van der Waals surface area contributed by atoms with Crippen molar-refractivity contribution < 1.29 is 9.53 Å². The Morgan fingerprint density at radius 1 is 1.24 bits per heavy atom. The van der Waals surface area contributed by atoms with E-state index in [9.17, 15) is 4.79 Å². The first kappa shape index (κ1) is 16.6. The Labute approximate surface area is 144 Å². The Bertz CT molecular complexity index is 861. The van der Waals surface area contributed by atoms with Crippen molar-refractivity contribution in [2.75, 3.05) is 30.3 Å². The predicted octanol–water partition coefficient (Wildman–Crippen LogP) is 1.53. The average Bonchev–Trinajstić information content (AvgIpc) is 3.07. The number of carbonyl (C=O) groups is 1. The summed E-state index contributed by atoms with van der Waals surface area (Å²) >= 11 is 0. The van der Waals surface area contributed by atoms with Crippen molar-refractivity contribution in [1.29, 1.82) is 0 Å². The van der Waals surface area contributed by atoms with Crippen molar-refractivity contribution in [3.8, 4) is 0 Å². The molecule has 0 spiro atoms. The maximum atomic E-state index is 11.6. The summed E-state index contributed by atoms with van der Waals surface area (Å²) in [4.78, 5) is 24.2. The number of fused-ring (bicyclic) bond motifs is 1. The van der Waals surface area contributed by atoms with Crippen LogP contribution in [-0.2, 0) is 4.74 Å². The molecule has 0 aromatic carbocycles. The number of nitrogens with zero attached hydrogens (tertiary/aromatic N) is 5. The Morgan fingerprint density at radius 3 is 2.84 bits per heavy atom. The first-order valence-electron chi connectivity index (χ1n) is 7.95. The third-order valence-electron chi connectivity index (χ3n) is 3.39. The molecule has 3 aromatic heterocycles. The highest BCUT2D eigenvalue weighted by molar-refractivity contribution is 5.89. The first-order valence-corrected chi connectivity index (χ1v) is 7.95. The zero-order chi connectivity index (χ0) is 17.6. The van der Waals surface area contributed by atoms with E-state index in [1.165, 1.54) is 12.5 Å². The molecule has 0 bridgehead atoms. The summed E-state index contributed by atoms with van der Waals surface area (Å²) in [5, 5.41) is 10.6. The van der Waals surface area contributed by atoms with Gasteiger partial charge in [-0.25, -0.2) is 14.8 Å². The normalized spacial score (nSPS) is 10.6. The van der Waals surface area contributed by atoms with Crippen LogP contribution in [0, 0.1) is 6.92 Å². The number of hydrogen-bond acceptors (Lipinski definition) is 8. The number of pyridine rings is 1. The SMILES string of the molecule is CCOC(=O)c1ccc(NCCNc2cc(C)nc3ncnn23)nc1. The monoisotopic (exact) mass is 341 g/mol. The fourth-order valence-electron chi connectivity index (χ4n) is 2.27. The summed E-state index contributed by atoms with van der Waals surface area (Å²) < 4.78 is 6.58. The number of esters is 1. The van der Waals surface area contributed by atoms with Crippen molar-refractivity contribution in [2.24, 2.45) is 0 Å². The number of aryl methyl sites for hydroxylation is 1. The van der Waals surface area contributed by atoms with Gasteiger partial charge in [-0.1, -0.05) is 0 Å². The van der Waals surface area contributed by atoms with Gasteiger partial charge < -0.3 is 15.4 Å². The minimum atomic E-state index is -0.367. The second-order valence-electron chi connectivity index (χ2n) is 5.26. The molecular weight excluding hydrogens is 322 g/mol. The second-order valence-corrected chi connectivity index (χ2v) is 5.26. The maximum Gasteiger partial charge on any atom is 0.339 e. The van der Waals surface area contributed by atoms with Crippen LogP contribution in [0.25, 0.3) is 5.78 Å².